The van der Waals surface area contributed by atoms with E-state index in [0.29, 0.717) is 5.92 Å². The third kappa shape index (κ3) is 1.33. The molecule has 0 spiro atoms. The van der Waals surface area contributed by atoms with E-state index in [0.717, 1.165) is 12.0 Å². The summed E-state index contributed by atoms with van der Waals surface area (Å²) in [4.78, 5) is 0. The monoisotopic (exact) mass is 188 g/mol. The van der Waals surface area contributed by atoms with Crippen molar-refractivity contribution in [3.63, 3.8) is 0 Å². The Balaban J connectivity index is 2.72. The van der Waals surface area contributed by atoms with Gasteiger partial charge in [0.05, 0.1) is 6.26 Å². The van der Waals surface area contributed by atoms with Crippen molar-refractivity contribution in [2.24, 2.45) is 0 Å². The fourth-order valence-electron chi connectivity index (χ4n) is 1.92. The topological polar surface area (TPSA) is 13.1 Å². The highest BCUT2D eigenvalue weighted by Crippen LogP contribution is 2.29. The van der Waals surface area contributed by atoms with Gasteiger partial charge in [-0.1, -0.05) is 32.9 Å². The predicted molar refractivity (Wildman–Crippen MR) is 59.7 cm³/mol. The van der Waals surface area contributed by atoms with Gasteiger partial charge in [0.2, 0.25) is 0 Å². The quantitative estimate of drug-likeness (QED) is 0.691. The minimum Gasteiger partial charge on any atom is -0.464 e. The molecule has 1 aromatic heterocycles. The molecule has 0 radical (unpaired) electrons. The van der Waals surface area contributed by atoms with Crippen LogP contribution in [0, 0.1) is 0 Å². The Morgan fingerprint density at radius 2 is 2.00 bits per heavy atom. The van der Waals surface area contributed by atoms with Gasteiger partial charge in [-0.25, -0.2) is 0 Å². The molecule has 1 nitrogen and oxygen atoms in total. The summed E-state index contributed by atoms with van der Waals surface area (Å²) in [6.45, 7) is 6.59. The number of furan rings is 1. The van der Waals surface area contributed by atoms with Gasteiger partial charge < -0.3 is 4.42 Å². The summed E-state index contributed by atoms with van der Waals surface area (Å²) in [5, 5.41) is 1.28. The third-order valence-electron chi connectivity index (χ3n) is 2.73. The van der Waals surface area contributed by atoms with Crippen LogP contribution >= 0.6 is 0 Å². The molecule has 0 aliphatic rings. The van der Waals surface area contributed by atoms with Crippen molar-refractivity contribution < 1.29 is 4.42 Å². The van der Waals surface area contributed by atoms with Crippen molar-refractivity contribution in [3.05, 3.63) is 35.6 Å². The number of fused-ring (bicyclic) bond motifs is 1. The fourth-order valence-corrected chi connectivity index (χ4v) is 1.92. The van der Waals surface area contributed by atoms with Crippen molar-refractivity contribution in [1.29, 1.82) is 0 Å². The van der Waals surface area contributed by atoms with Crippen LogP contribution in [0.1, 0.15) is 37.8 Å². The van der Waals surface area contributed by atoms with Crippen LogP contribution in [0.5, 0.6) is 0 Å². The molecular formula is C13H16O. The first-order valence-electron chi connectivity index (χ1n) is 5.23. The SMILES string of the molecule is CCc1ccc(C(C)C)c2ccoc12. The van der Waals surface area contributed by atoms with Crippen LogP contribution in [0.3, 0.4) is 0 Å². The Kier molecular flexibility index (Phi) is 2.32. The van der Waals surface area contributed by atoms with Crippen molar-refractivity contribution in [3.8, 4) is 0 Å². The molecule has 74 valence electrons. The number of hydrogen-bond acceptors (Lipinski definition) is 1. The summed E-state index contributed by atoms with van der Waals surface area (Å²) in [5.41, 5.74) is 3.75. The second-order valence-electron chi connectivity index (χ2n) is 3.99. The van der Waals surface area contributed by atoms with E-state index in [9.17, 15) is 0 Å². The molecule has 0 bridgehead atoms. The summed E-state index contributed by atoms with van der Waals surface area (Å²) in [5.74, 6) is 0.556. The van der Waals surface area contributed by atoms with E-state index in [1.54, 1.807) is 6.26 Å². The molecule has 1 heteroatoms. The summed E-state index contributed by atoms with van der Waals surface area (Å²) >= 11 is 0. The van der Waals surface area contributed by atoms with Crippen molar-refractivity contribution in [2.75, 3.05) is 0 Å². The molecule has 0 saturated heterocycles. The highest BCUT2D eigenvalue weighted by Gasteiger charge is 2.09. The number of benzene rings is 1. The zero-order valence-electron chi connectivity index (χ0n) is 9.00. The van der Waals surface area contributed by atoms with Gasteiger partial charge >= 0.3 is 0 Å². The van der Waals surface area contributed by atoms with Gasteiger partial charge in [-0.2, -0.15) is 0 Å². The number of rotatable bonds is 2. The smallest absolute Gasteiger partial charge is 0.137 e. The maximum atomic E-state index is 5.53. The summed E-state index contributed by atoms with van der Waals surface area (Å²) in [6, 6.07) is 6.48. The van der Waals surface area contributed by atoms with Gasteiger partial charge in [0, 0.05) is 5.39 Å². The summed E-state index contributed by atoms with van der Waals surface area (Å²) in [7, 11) is 0. The van der Waals surface area contributed by atoms with E-state index in [4.69, 9.17) is 4.42 Å². The van der Waals surface area contributed by atoms with Crippen molar-refractivity contribution >= 4 is 11.0 Å². The Bertz CT molecular complexity index is 437. The summed E-state index contributed by atoms with van der Waals surface area (Å²) < 4.78 is 5.53. The van der Waals surface area contributed by atoms with Crippen LogP contribution in [0.4, 0.5) is 0 Å². The lowest BCUT2D eigenvalue weighted by Crippen LogP contribution is -1.90. The molecule has 0 amide bonds. The average molecular weight is 188 g/mol. The molecule has 0 unspecified atom stereocenters. The third-order valence-corrected chi connectivity index (χ3v) is 2.73. The second-order valence-corrected chi connectivity index (χ2v) is 3.99. The van der Waals surface area contributed by atoms with Crippen LogP contribution in [0.25, 0.3) is 11.0 Å². The molecular weight excluding hydrogens is 172 g/mol. The maximum Gasteiger partial charge on any atom is 0.137 e. The van der Waals surface area contributed by atoms with E-state index < -0.39 is 0 Å². The minimum atomic E-state index is 0.556. The Morgan fingerprint density at radius 1 is 1.21 bits per heavy atom. The van der Waals surface area contributed by atoms with Crippen LogP contribution in [-0.4, -0.2) is 0 Å². The molecule has 2 aromatic rings. The van der Waals surface area contributed by atoms with E-state index >= 15 is 0 Å². The van der Waals surface area contributed by atoms with Gasteiger partial charge in [0.1, 0.15) is 5.58 Å². The second kappa shape index (κ2) is 3.49. The Hall–Kier alpha value is -1.24. The minimum absolute atomic E-state index is 0.556. The van der Waals surface area contributed by atoms with Crippen LogP contribution in [0.15, 0.2) is 28.9 Å². The lowest BCUT2D eigenvalue weighted by Gasteiger charge is -2.08. The molecule has 1 heterocycles. The highest BCUT2D eigenvalue weighted by molar-refractivity contribution is 5.84. The van der Waals surface area contributed by atoms with Gasteiger partial charge in [0.25, 0.3) is 0 Å². The Labute approximate surface area is 84.7 Å². The molecule has 0 fully saturated rings. The van der Waals surface area contributed by atoms with Crippen LogP contribution in [-0.2, 0) is 6.42 Å². The van der Waals surface area contributed by atoms with Crippen LogP contribution < -0.4 is 0 Å². The molecule has 14 heavy (non-hydrogen) atoms. The van der Waals surface area contributed by atoms with E-state index in [-0.39, 0.29) is 0 Å². The molecule has 0 aliphatic carbocycles. The largest absolute Gasteiger partial charge is 0.464 e. The highest BCUT2D eigenvalue weighted by atomic mass is 16.3. The first-order chi connectivity index (χ1) is 6.74. The van der Waals surface area contributed by atoms with Crippen LogP contribution in [0.2, 0.25) is 0 Å². The van der Waals surface area contributed by atoms with E-state index in [1.807, 2.05) is 0 Å². The zero-order valence-corrected chi connectivity index (χ0v) is 9.00. The first-order valence-corrected chi connectivity index (χ1v) is 5.23. The lowest BCUT2D eigenvalue weighted by atomic mass is 9.97. The van der Waals surface area contributed by atoms with Gasteiger partial charge in [-0.05, 0) is 29.5 Å². The first kappa shape index (κ1) is 9.32. The number of hydrogen-bond donors (Lipinski definition) is 0. The van der Waals surface area contributed by atoms with Gasteiger partial charge in [-0.15, -0.1) is 0 Å². The average Bonchev–Trinajstić information content (AvgIpc) is 2.64. The zero-order chi connectivity index (χ0) is 10.1. The molecule has 0 saturated carbocycles. The Morgan fingerprint density at radius 3 is 2.64 bits per heavy atom. The molecule has 1 aromatic carbocycles. The molecule has 0 N–H and O–H groups in total. The fraction of sp³-hybridized carbons (Fsp3) is 0.385. The normalized spacial score (nSPS) is 11.4. The van der Waals surface area contributed by atoms with E-state index in [1.165, 1.54) is 16.5 Å². The molecule has 0 aliphatic heterocycles. The molecule has 0 atom stereocenters. The van der Waals surface area contributed by atoms with E-state index in [2.05, 4.69) is 39.0 Å². The van der Waals surface area contributed by atoms with Gasteiger partial charge in [-0.3, -0.25) is 0 Å². The molecule has 2 rings (SSSR count). The number of aryl methyl sites for hydroxylation is 1. The predicted octanol–water partition coefficient (Wildman–Crippen LogP) is 4.12. The van der Waals surface area contributed by atoms with Crippen molar-refractivity contribution in [1.82, 2.24) is 0 Å². The van der Waals surface area contributed by atoms with Crippen molar-refractivity contribution in [2.45, 2.75) is 33.1 Å². The maximum absolute atomic E-state index is 5.53. The standard InChI is InChI=1S/C13H16O/c1-4-10-5-6-11(9(2)3)12-7-8-14-13(10)12/h5-9H,4H2,1-3H3. The van der Waals surface area contributed by atoms with Gasteiger partial charge in [0.15, 0.2) is 0 Å². The lowest BCUT2D eigenvalue weighted by molar-refractivity contribution is 0.611. The summed E-state index contributed by atoms with van der Waals surface area (Å²) in [6.07, 6.45) is 2.82.